The lowest BCUT2D eigenvalue weighted by Crippen LogP contribution is -2.53. The van der Waals surface area contributed by atoms with E-state index >= 15 is 0 Å². The summed E-state index contributed by atoms with van der Waals surface area (Å²) in [5.74, 6) is -3.27. The summed E-state index contributed by atoms with van der Waals surface area (Å²) in [6, 6.07) is 9.35. The van der Waals surface area contributed by atoms with Gasteiger partial charge in [-0.25, -0.2) is 17.2 Å². The zero-order valence-corrected chi connectivity index (χ0v) is 21.7. The number of benzene rings is 2. The maximum Gasteiger partial charge on any atom is 0.244 e. The molecule has 0 bridgehead atoms. The summed E-state index contributed by atoms with van der Waals surface area (Å²) in [5, 5.41) is 3.04. The van der Waals surface area contributed by atoms with Crippen LogP contribution in [0.4, 0.5) is 14.5 Å². The van der Waals surface area contributed by atoms with Gasteiger partial charge >= 0.3 is 0 Å². The summed E-state index contributed by atoms with van der Waals surface area (Å²) in [7, 11) is -4.03. The average molecular weight is 522 g/mol. The van der Waals surface area contributed by atoms with E-state index in [1.165, 1.54) is 4.90 Å². The molecule has 0 heterocycles. The zero-order valence-electron chi connectivity index (χ0n) is 20.8. The minimum atomic E-state index is -4.03. The maximum atomic E-state index is 13.9. The van der Waals surface area contributed by atoms with Crippen LogP contribution in [0.15, 0.2) is 42.5 Å². The van der Waals surface area contributed by atoms with Crippen LogP contribution in [0.3, 0.4) is 0 Å². The van der Waals surface area contributed by atoms with E-state index in [4.69, 9.17) is 0 Å². The van der Waals surface area contributed by atoms with Gasteiger partial charge in [0.15, 0.2) is 11.6 Å². The van der Waals surface area contributed by atoms with Crippen molar-refractivity contribution in [3.05, 3.63) is 65.2 Å². The highest BCUT2D eigenvalue weighted by Gasteiger charge is 2.33. The molecule has 7 nitrogen and oxygen atoms in total. The Morgan fingerprint density at radius 3 is 2.36 bits per heavy atom. The molecule has 10 heteroatoms. The molecule has 3 rings (SSSR count). The summed E-state index contributed by atoms with van der Waals surface area (Å²) in [6.45, 7) is 3.13. The summed E-state index contributed by atoms with van der Waals surface area (Å²) < 4.78 is 53.2. The third kappa shape index (κ3) is 7.02. The van der Waals surface area contributed by atoms with Crippen LogP contribution in [0.1, 0.15) is 50.2 Å². The standard InChI is InChI=1S/C26H33F2N3O4S/c1-4-24(26(33)29-20-10-5-6-11-20)30(16-19-9-7-8-18(2)14-19)25(32)17-31(36(3,34)35)21-12-13-22(27)23(28)15-21/h7-9,12-15,20,24H,4-6,10-11,16-17H2,1-3H3,(H,29,33). The van der Waals surface area contributed by atoms with E-state index in [1.54, 1.807) is 6.92 Å². The molecule has 0 spiro atoms. The largest absolute Gasteiger partial charge is 0.352 e. The molecule has 196 valence electrons. The maximum absolute atomic E-state index is 13.9. The number of hydrogen-bond acceptors (Lipinski definition) is 4. The Balaban J connectivity index is 1.93. The van der Waals surface area contributed by atoms with Gasteiger partial charge in [-0.15, -0.1) is 0 Å². The molecule has 2 aromatic carbocycles. The Morgan fingerprint density at radius 2 is 1.78 bits per heavy atom. The molecule has 0 aliphatic heterocycles. The van der Waals surface area contributed by atoms with Crippen molar-refractivity contribution in [2.45, 2.75) is 64.6 Å². The van der Waals surface area contributed by atoms with Crippen molar-refractivity contribution < 1.29 is 26.8 Å². The molecule has 0 aromatic heterocycles. The molecule has 1 atom stereocenters. The number of carbonyl (C=O) groups excluding carboxylic acids is 2. The van der Waals surface area contributed by atoms with Crippen molar-refractivity contribution >= 4 is 27.5 Å². The molecule has 1 saturated carbocycles. The van der Waals surface area contributed by atoms with Crippen molar-refractivity contribution in [1.29, 1.82) is 0 Å². The second kappa shape index (κ2) is 11.8. The Hall–Kier alpha value is -3.01. The molecule has 2 aromatic rings. The lowest BCUT2D eigenvalue weighted by atomic mass is 10.1. The minimum absolute atomic E-state index is 0.0529. The third-order valence-corrected chi connectivity index (χ3v) is 7.53. The van der Waals surface area contributed by atoms with Gasteiger partial charge in [0.1, 0.15) is 12.6 Å². The number of hydrogen-bond donors (Lipinski definition) is 1. The van der Waals surface area contributed by atoms with Gasteiger partial charge in [0.25, 0.3) is 0 Å². The van der Waals surface area contributed by atoms with Crippen LogP contribution in [0.5, 0.6) is 0 Å². The zero-order chi connectivity index (χ0) is 26.5. The number of sulfonamides is 1. The molecule has 0 saturated heterocycles. The van der Waals surface area contributed by atoms with Crippen molar-refractivity contribution in [3.63, 3.8) is 0 Å². The van der Waals surface area contributed by atoms with Gasteiger partial charge in [-0.2, -0.15) is 0 Å². The number of nitrogens with one attached hydrogen (secondary N) is 1. The Labute approximate surface area is 211 Å². The Kier molecular flexibility index (Phi) is 9.05. The van der Waals surface area contributed by atoms with Crippen molar-refractivity contribution in [2.24, 2.45) is 0 Å². The van der Waals surface area contributed by atoms with E-state index in [9.17, 15) is 26.8 Å². The highest BCUT2D eigenvalue weighted by molar-refractivity contribution is 7.92. The lowest BCUT2D eigenvalue weighted by Gasteiger charge is -2.33. The molecular formula is C26H33F2N3O4S. The first-order valence-corrected chi connectivity index (χ1v) is 13.9. The van der Waals surface area contributed by atoms with Crippen molar-refractivity contribution in [1.82, 2.24) is 10.2 Å². The quantitative estimate of drug-likeness (QED) is 0.514. The van der Waals surface area contributed by atoms with E-state index in [-0.39, 0.29) is 24.2 Å². The first-order chi connectivity index (χ1) is 17.0. The second-order valence-corrected chi connectivity index (χ2v) is 11.2. The van der Waals surface area contributed by atoms with Crippen LogP contribution in [-0.4, -0.2) is 50.0 Å². The van der Waals surface area contributed by atoms with Gasteiger partial charge in [-0.05, 0) is 43.9 Å². The summed E-state index contributed by atoms with van der Waals surface area (Å²) in [6.07, 6.45) is 5.03. The van der Waals surface area contributed by atoms with E-state index in [1.807, 2.05) is 31.2 Å². The molecular weight excluding hydrogens is 488 g/mol. The van der Waals surface area contributed by atoms with Crippen LogP contribution >= 0.6 is 0 Å². The highest BCUT2D eigenvalue weighted by Crippen LogP contribution is 2.23. The summed E-state index contributed by atoms with van der Waals surface area (Å²) >= 11 is 0. The number of rotatable bonds is 10. The molecule has 1 aliphatic carbocycles. The SMILES string of the molecule is CCC(C(=O)NC1CCCC1)N(Cc1cccc(C)c1)C(=O)CN(c1ccc(F)c(F)c1)S(C)(=O)=O. The number of amides is 2. The van der Waals surface area contributed by atoms with Crippen LogP contribution in [0, 0.1) is 18.6 Å². The fourth-order valence-corrected chi connectivity index (χ4v) is 5.39. The number of nitrogens with zero attached hydrogens (tertiary/aromatic N) is 2. The topological polar surface area (TPSA) is 86.8 Å². The predicted molar refractivity (Wildman–Crippen MR) is 135 cm³/mol. The van der Waals surface area contributed by atoms with E-state index in [0.29, 0.717) is 6.42 Å². The van der Waals surface area contributed by atoms with Gasteiger partial charge < -0.3 is 10.2 Å². The Bertz CT molecular complexity index is 1200. The molecule has 1 fully saturated rings. The van der Waals surface area contributed by atoms with Crippen LogP contribution < -0.4 is 9.62 Å². The number of anilines is 1. The first-order valence-electron chi connectivity index (χ1n) is 12.1. The molecule has 36 heavy (non-hydrogen) atoms. The number of halogens is 2. The number of aryl methyl sites for hydroxylation is 1. The molecule has 1 N–H and O–H groups in total. The Morgan fingerprint density at radius 1 is 1.08 bits per heavy atom. The third-order valence-electron chi connectivity index (χ3n) is 6.39. The first kappa shape index (κ1) is 27.6. The molecule has 1 unspecified atom stereocenters. The second-order valence-electron chi connectivity index (χ2n) is 9.29. The van der Waals surface area contributed by atoms with Crippen molar-refractivity contribution in [2.75, 3.05) is 17.1 Å². The van der Waals surface area contributed by atoms with Gasteiger partial charge in [-0.3, -0.25) is 13.9 Å². The smallest absolute Gasteiger partial charge is 0.244 e. The average Bonchev–Trinajstić information content (AvgIpc) is 3.31. The van der Waals surface area contributed by atoms with Gasteiger partial charge in [0.2, 0.25) is 21.8 Å². The van der Waals surface area contributed by atoms with Gasteiger partial charge in [-0.1, -0.05) is 49.6 Å². The fraction of sp³-hybridized carbons (Fsp3) is 0.462. The van der Waals surface area contributed by atoms with E-state index < -0.39 is 40.2 Å². The minimum Gasteiger partial charge on any atom is -0.352 e. The lowest BCUT2D eigenvalue weighted by molar-refractivity contribution is -0.140. The predicted octanol–water partition coefficient (Wildman–Crippen LogP) is 3.91. The van der Waals surface area contributed by atoms with Gasteiger partial charge in [0.05, 0.1) is 11.9 Å². The molecule has 1 aliphatic rings. The molecule has 2 amide bonds. The van der Waals surface area contributed by atoms with E-state index in [2.05, 4.69) is 5.32 Å². The highest BCUT2D eigenvalue weighted by atomic mass is 32.2. The van der Waals surface area contributed by atoms with Crippen LogP contribution in [0.2, 0.25) is 0 Å². The fourth-order valence-electron chi connectivity index (χ4n) is 4.55. The van der Waals surface area contributed by atoms with Crippen LogP contribution in [0.25, 0.3) is 0 Å². The summed E-state index contributed by atoms with van der Waals surface area (Å²) in [4.78, 5) is 28.2. The normalized spacial score (nSPS) is 14.9. The molecule has 0 radical (unpaired) electrons. The summed E-state index contributed by atoms with van der Waals surface area (Å²) in [5.41, 5.74) is 1.58. The van der Waals surface area contributed by atoms with Crippen molar-refractivity contribution in [3.8, 4) is 0 Å². The number of carbonyl (C=O) groups is 2. The monoisotopic (exact) mass is 521 g/mol. The van der Waals surface area contributed by atoms with Gasteiger partial charge in [0, 0.05) is 18.7 Å². The van der Waals surface area contributed by atoms with E-state index in [0.717, 1.165) is 65.6 Å². The van der Waals surface area contributed by atoms with Crippen LogP contribution in [-0.2, 0) is 26.2 Å².